The highest BCUT2D eigenvalue weighted by Crippen LogP contribution is 2.38. The van der Waals surface area contributed by atoms with E-state index in [1.807, 2.05) is 26.2 Å². The average Bonchev–Trinajstić information content (AvgIpc) is 3.05. The average molecular weight is 276 g/mol. The van der Waals surface area contributed by atoms with Crippen molar-refractivity contribution in [3.63, 3.8) is 0 Å². The number of hydrogen-bond acceptors (Lipinski definition) is 6. The van der Waals surface area contributed by atoms with Crippen molar-refractivity contribution < 1.29 is 14.2 Å². The first-order valence-corrected chi connectivity index (χ1v) is 6.30. The summed E-state index contributed by atoms with van der Waals surface area (Å²) in [5.74, 6) is 2.98. The Labute approximate surface area is 116 Å². The van der Waals surface area contributed by atoms with Crippen LogP contribution in [0.1, 0.15) is 11.4 Å². The van der Waals surface area contributed by atoms with E-state index in [2.05, 4.69) is 15.4 Å². The van der Waals surface area contributed by atoms with Crippen LogP contribution in [0, 0.1) is 0 Å². The van der Waals surface area contributed by atoms with Gasteiger partial charge in [-0.15, -0.1) is 0 Å². The fourth-order valence-corrected chi connectivity index (χ4v) is 2.02. The van der Waals surface area contributed by atoms with E-state index in [4.69, 9.17) is 14.2 Å². The van der Waals surface area contributed by atoms with E-state index in [0.29, 0.717) is 18.9 Å². The molecule has 20 heavy (non-hydrogen) atoms. The van der Waals surface area contributed by atoms with Crippen LogP contribution < -0.4 is 19.5 Å². The number of fused-ring (bicyclic) bond motifs is 1. The molecule has 0 saturated heterocycles. The van der Waals surface area contributed by atoms with Crippen LogP contribution >= 0.6 is 0 Å². The normalized spacial score (nSPS) is 12.7. The van der Waals surface area contributed by atoms with Crippen LogP contribution in [0.3, 0.4) is 0 Å². The topological polar surface area (TPSA) is 70.4 Å². The fraction of sp³-hybridized carbons (Fsp3) is 0.385. The molecule has 0 unspecified atom stereocenters. The molecule has 0 saturated carbocycles. The van der Waals surface area contributed by atoms with Gasteiger partial charge in [-0.25, -0.2) is 4.98 Å². The predicted octanol–water partition coefficient (Wildman–Crippen LogP) is 0.842. The maximum Gasteiger partial charge on any atom is 0.231 e. The molecule has 2 aromatic rings. The van der Waals surface area contributed by atoms with Crippen molar-refractivity contribution in [1.82, 2.24) is 20.1 Å². The lowest BCUT2D eigenvalue weighted by molar-refractivity contribution is 0.173. The van der Waals surface area contributed by atoms with Gasteiger partial charge < -0.3 is 19.5 Å². The van der Waals surface area contributed by atoms with Gasteiger partial charge >= 0.3 is 0 Å². The Bertz CT molecular complexity index is 612. The Morgan fingerprint density at radius 1 is 1.35 bits per heavy atom. The molecule has 7 nitrogen and oxygen atoms in total. The van der Waals surface area contributed by atoms with Crippen LogP contribution in [0.15, 0.2) is 18.5 Å². The smallest absolute Gasteiger partial charge is 0.231 e. The van der Waals surface area contributed by atoms with Gasteiger partial charge in [-0.3, -0.25) is 4.68 Å². The summed E-state index contributed by atoms with van der Waals surface area (Å²) in [6.45, 7) is 1.29. The molecule has 0 spiro atoms. The number of hydrogen-bond donors (Lipinski definition) is 1. The first-order chi connectivity index (χ1) is 9.78. The van der Waals surface area contributed by atoms with Crippen molar-refractivity contribution in [3.8, 4) is 17.2 Å². The molecule has 1 aromatic heterocycles. The number of nitrogens with zero attached hydrogens (tertiary/aromatic N) is 3. The van der Waals surface area contributed by atoms with Crippen LogP contribution in [0.4, 0.5) is 0 Å². The van der Waals surface area contributed by atoms with Crippen molar-refractivity contribution in [2.24, 2.45) is 7.05 Å². The van der Waals surface area contributed by atoms with Crippen LogP contribution in [-0.4, -0.2) is 28.6 Å². The van der Waals surface area contributed by atoms with Crippen molar-refractivity contribution >= 4 is 0 Å². The predicted molar refractivity (Wildman–Crippen MR) is 70.7 cm³/mol. The molecule has 0 atom stereocenters. The molecule has 106 valence electrons. The molecule has 0 fully saturated rings. The lowest BCUT2D eigenvalue weighted by atomic mass is 10.1. The molecule has 1 N–H and O–H groups in total. The Kier molecular flexibility index (Phi) is 3.42. The minimum atomic E-state index is 0.251. The largest absolute Gasteiger partial charge is 0.485 e. The lowest BCUT2D eigenvalue weighted by Crippen LogP contribution is -2.09. The van der Waals surface area contributed by atoms with Gasteiger partial charge in [0, 0.05) is 25.2 Å². The maximum atomic E-state index is 5.84. The van der Waals surface area contributed by atoms with Gasteiger partial charge in [-0.05, 0) is 13.1 Å². The highest BCUT2D eigenvalue weighted by molar-refractivity contribution is 5.51. The molecule has 3 rings (SSSR count). The molecular weight excluding hydrogens is 260 g/mol. The second kappa shape index (κ2) is 5.38. The minimum Gasteiger partial charge on any atom is -0.485 e. The second-order valence-electron chi connectivity index (χ2n) is 4.43. The quantitative estimate of drug-likeness (QED) is 0.872. The molecule has 0 bridgehead atoms. The Morgan fingerprint density at radius 3 is 2.85 bits per heavy atom. The summed E-state index contributed by atoms with van der Waals surface area (Å²) < 4.78 is 18.3. The molecule has 1 aliphatic rings. The van der Waals surface area contributed by atoms with E-state index in [-0.39, 0.29) is 6.79 Å². The monoisotopic (exact) mass is 276 g/mol. The number of ether oxygens (including phenoxy) is 3. The summed E-state index contributed by atoms with van der Waals surface area (Å²) in [6.07, 6.45) is 1.51. The first-order valence-electron chi connectivity index (χ1n) is 6.30. The third-order valence-electron chi connectivity index (χ3n) is 3.08. The molecule has 0 aliphatic carbocycles. The summed E-state index contributed by atoms with van der Waals surface area (Å²) in [7, 11) is 3.72. The second-order valence-corrected chi connectivity index (χ2v) is 4.43. The highest BCUT2D eigenvalue weighted by Gasteiger charge is 2.18. The molecule has 2 heterocycles. The molecule has 1 aromatic carbocycles. The molecule has 7 heteroatoms. The maximum absolute atomic E-state index is 5.84. The van der Waals surface area contributed by atoms with Gasteiger partial charge in [0.25, 0.3) is 0 Å². The van der Waals surface area contributed by atoms with E-state index in [9.17, 15) is 0 Å². The van der Waals surface area contributed by atoms with Gasteiger partial charge in [0.1, 0.15) is 18.7 Å². The third-order valence-corrected chi connectivity index (χ3v) is 3.08. The van der Waals surface area contributed by atoms with E-state index in [0.717, 1.165) is 22.9 Å². The van der Waals surface area contributed by atoms with E-state index in [1.165, 1.54) is 6.33 Å². The van der Waals surface area contributed by atoms with Crippen LogP contribution in [0.25, 0.3) is 0 Å². The van der Waals surface area contributed by atoms with Crippen LogP contribution in [0.5, 0.6) is 17.2 Å². The Hall–Kier alpha value is -2.28. The van der Waals surface area contributed by atoms with Crippen molar-refractivity contribution in [2.45, 2.75) is 13.2 Å². The van der Waals surface area contributed by atoms with Gasteiger partial charge in [0.2, 0.25) is 6.79 Å². The molecule has 0 amide bonds. The fourth-order valence-electron chi connectivity index (χ4n) is 2.02. The van der Waals surface area contributed by atoms with E-state index >= 15 is 0 Å². The van der Waals surface area contributed by atoms with Gasteiger partial charge in [0.05, 0.1) is 0 Å². The number of aryl methyl sites for hydroxylation is 1. The zero-order valence-electron chi connectivity index (χ0n) is 11.4. The zero-order chi connectivity index (χ0) is 13.9. The standard InChI is InChI=1S/C13H16N4O3/c1-14-5-9-3-11-12(20-8-19-11)4-10(9)18-6-13-15-7-16-17(13)2/h3-4,7,14H,5-6,8H2,1-2H3. The van der Waals surface area contributed by atoms with Gasteiger partial charge in [-0.1, -0.05) is 0 Å². The van der Waals surface area contributed by atoms with E-state index in [1.54, 1.807) is 4.68 Å². The first kappa shape index (κ1) is 12.7. The van der Waals surface area contributed by atoms with Crippen LogP contribution in [-0.2, 0) is 20.2 Å². The number of aromatic nitrogens is 3. The number of rotatable bonds is 5. The zero-order valence-corrected chi connectivity index (χ0v) is 11.4. The highest BCUT2D eigenvalue weighted by atomic mass is 16.7. The van der Waals surface area contributed by atoms with Gasteiger partial charge in [0.15, 0.2) is 17.3 Å². The Balaban J connectivity index is 1.82. The molecular formula is C13H16N4O3. The summed E-state index contributed by atoms with van der Waals surface area (Å²) in [4.78, 5) is 4.13. The number of benzene rings is 1. The molecule has 0 radical (unpaired) electrons. The van der Waals surface area contributed by atoms with Crippen molar-refractivity contribution in [1.29, 1.82) is 0 Å². The number of nitrogens with one attached hydrogen (secondary N) is 1. The van der Waals surface area contributed by atoms with Crippen LogP contribution in [0.2, 0.25) is 0 Å². The SMILES string of the molecule is CNCc1cc2c(cc1OCc1ncnn1C)OCO2. The third kappa shape index (κ3) is 2.39. The summed E-state index contributed by atoms with van der Waals surface area (Å²) >= 11 is 0. The minimum absolute atomic E-state index is 0.251. The Morgan fingerprint density at radius 2 is 2.15 bits per heavy atom. The van der Waals surface area contributed by atoms with Gasteiger partial charge in [-0.2, -0.15) is 5.10 Å². The van der Waals surface area contributed by atoms with E-state index < -0.39 is 0 Å². The van der Waals surface area contributed by atoms with Crippen molar-refractivity contribution in [2.75, 3.05) is 13.8 Å². The lowest BCUT2D eigenvalue weighted by Gasteiger charge is -2.12. The summed E-state index contributed by atoms with van der Waals surface area (Å²) in [6, 6.07) is 3.79. The summed E-state index contributed by atoms with van der Waals surface area (Å²) in [5.41, 5.74) is 1.01. The molecule has 1 aliphatic heterocycles. The van der Waals surface area contributed by atoms with Crippen molar-refractivity contribution in [3.05, 3.63) is 29.8 Å². The summed E-state index contributed by atoms with van der Waals surface area (Å²) in [5, 5.41) is 7.12.